The Hall–Kier alpha value is -1.75. The summed E-state index contributed by atoms with van der Waals surface area (Å²) in [4.78, 5) is 8.85. The fourth-order valence-electron chi connectivity index (χ4n) is 1.84. The molecule has 4 nitrogen and oxygen atoms in total. The fourth-order valence-corrected chi connectivity index (χ4v) is 2.21. The normalized spacial score (nSPS) is 10.5. The number of hydrogen-bond acceptors (Lipinski definition) is 5. The summed E-state index contributed by atoms with van der Waals surface area (Å²) in [6.45, 7) is 7.13. The highest BCUT2D eigenvalue weighted by Gasteiger charge is 2.08. The summed E-state index contributed by atoms with van der Waals surface area (Å²) < 4.78 is 5.95. The van der Waals surface area contributed by atoms with Gasteiger partial charge in [0, 0.05) is 12.6 Å². The van der Waals surface area contributed by atoms with Gasteiger partial charge in [0.2, 0.25) is 5.88 Å². The van der Waals surface area contributed by atoms with Crippen molar-refractivity contribution in [1.29, 1.82) is 0 Å². The SMILES string of the molecule is CCCNc1cc(Oc2cccc(C)c2C)nc(SC)n1. The molecule has 5 heteroatoms. The molecule has 1 aromatic carbocycles. The topological polar surface area (TPSA) is 47.0 Å². The number of thioether (sulfide) groups is 1. The largest absolute Gasteiger partial charge is 0.439 e. The summed E-state index contributed by atoms with van der Waals surface area (Å²) in [7, 11) is 0. The monoisotopic (exact) mass is 303 g/mol. The van der Waals surface area contributed by atoms with Crippen LogP contribution in [0.3, 0.4) is 0 Å². The van der Waals surface area contributed by atoms with Crippen molar-refractivity contribution in [2.45, 2.75) is 32.3 Å². The third-order valence-corrected chi connectivity index (χ3v) is 3.74. The van der Waals surface area contributed by atoms with Crippen molar-refractivity contribution in [3.63, 3.8) is 0 Å². The van der Waals surface area contributed by atoms with E-state index in [4.69, 9.17) is 4.74 Å². The molecule has 2 aromatic rings. The predicted molar refractivity (Wildman–Crippen MR) is 88.6 cm³/mol. The van der Waals surface area contributed by atoms with Gasteiger partial charge in [-0.25, -0.2) is 4.98 Å². The first kappa shape index (κ1) is 15.6. The standard InChI is InChI=1S/C16H21N3OS/c1-5-9-17-14-10-15(19-16(18-14)21-4)20-13-8-6-7-11(2)12(13)3/h6-8,10H,5,9H2,1-4H3,(H,17,18,19). The molecule has 0 unspecified atom stereocenters. The highest BCUT2D eigenvalue weighted by Crippen LogP contribution is 2.28. The van der Waals surface area contributed by atoms with E-state index in [2.05, 4.69) is 42.1 Å². The predicted octanol–water partition coefficient (Wildman–Crippen LogP) is 4.43. The van der Waals surface area contributed by atoms with Gasteiger partial charge in [-0.15, -0.1) is 0 Å². The van der Waals surface area contributed by atoms with Crippen LogP contribution in [0.25, 0.3) is 0 Å². The molecule has 0 fully saturated rings. The average molecular weight is 303 g/mol. The lowest BCUT2D eigenvalue weighted by Crippen LogP contribution is -2.04. The molecule has 0 spiro atoms. The molecule has 0 atom stereocenters. The van der Waals surface area contributed by atoms with E-state index in [0.29, 0.717) is 11.0 Å². The number of aromatic nitrogens is 2. The number of aryl methyl sites for hydroxylation is 1. The summed E-state index contributed by atoms with van der Waals surface area (Å²) in [5.74, 6) is 2.21. The number of nitrogens with one attached hydrogen (secondary N) is 1. The molecule has 0 aliphatic heterocycles. The van der Waals surface area contributed by atoms with E-state index in [1.807, 2.05) is 24.5 Å². The van der Waals surface area contributed by atoms with Crippen LogP contribution in [-0.2, 0) is 0 Å². The van der Waals surface area contributed by atoms with Crippen molar-refractivity contribution >= 4 is 17.6 Å². The summed E-state index contributed by atoms with van der Waals surface area (Å²) in [6.07, 6.45) is 3.01. The highest BCUT2D eigenvalue weighted by atomic mass is 32.2. The van der Waals surface area contributed by atoms with Gasteiger partial charge in [0.1, 0.15) is 11.6 Å². The molecular weight excluding hydrogens is 282 g/mol. The van der Waals surface area contributed by atoms with Crippen LogP contribution < -0.4 is 10.1 Å². The first-order valence-electron chi connectivity index (χ1n) is 7.05. The quantitative estimate of drug-likeness (QED) is 0.632. The Morgan fingerprint density at radius 2 is 2.05 bits per heavy atom. The van der Waals surface area contributed by atoms with Gasteiger partial charge in [-0.05, 0) is 43.7 Å². The summed E-state index contributed by atoms with van der Waals surface area (Å²) in [5.41, 5.74) is 2.33. The summed E-state index contributed by atoms with van der Waals surface area (Å²) in [6, 6.07) is 7.87. The number of rotatable bonds is 6. The molecule has 0 aliphatic carbocycles. The van der Waals surface area contributed by atoms with E-state index in [-0.39, 0.29) is 0 Å². The van der Waals surface area contributed by atoms with Crippen molar-refractivity contribution < 1.29 is 4.74 Å². The van der Waals surface area contributed by atoms with Crippen LogP contribution in [-0.4, -0.2) is 22.8 Å². The fraction of sp³-hybridized carbons (Fsp3) is 0.375. The first-order valence-corrected chi connectivity index (χ1v) is 8.27. The van der Waals surface area contributed by atoms with E-state index in [1.54, 1.807) is 0 Å². The lowest BCUT2D eigenvalue weighted by molar-refractivity contribution is 0.452. The van der Waals surface area contributed by atoms with Crippen molar-refractivity contribution in [2.75, 3.05) is 18.1 Å². The van der Waals surface area contributed by atoms with Crippen molar-refractivity contribution in [2.24, 2.45) is 0 Å². The minimum atomic E-state index is 0.571. The van der Waals surface area contributed by atoms with E-state index in [0.717, 1.165) is 30.1 Å². The van der Waals surface area contributed by atoms with Gasteiger partial charge in [-0.3, -0.25) is 0 Å². The lowest BCUT2D eigenvalue weighted by atomic mass is 10.1. The zero-order valence-corrected chi connectivity index (χ0v) is 13.8. The van der Waals surface area contributed by atoms with E-state index < -0.39 is 0 Å². The zero-order valence-electron chi connectivity index (χ0n) is 12.9. The Morgan fingerprint density at radius 3 is 2.76 bits per heavy atom. The van der Waals surface area contributed by atoms with Crippen LogP contribution in [0.5, 0.6) is 11.6 Å². The number of nitrogens with zero attached hydrogens (tertiary/aromatic N) is 2. The Kier molecular flexibility index (Phi) is 5.44. The summed E-state index contributed by atoms with van der Waals surface area (Å²) in [5, 5.41) is 3.98. The second kappa shape index (κ2) is 7.31. The minimum absolute atomic E-state index is 0.571. The van der Waals surface area contributed by atoms with Crippen molar-refractivity contribution in [3.8, 4) is 11.6 Å². The van der Waals surface area contributed by atoms with Gasteiger partial charge in [-0.1, -0.05) is 30.8 Å². The maximum absolute atomic E-state index is 5.95. The Bertz CT molecular complexity index is 616. The van der Waals surface area contributed by atoms with Crippen LogP contribution >= 0.6 is 11.8 Å². The Morgan fingerprint density at radius 1 is 1.24 bits per heavy atom. The molecule has 0 saturated heterocycles. The molecule has 1 aromatic heterocycles. The van der Waals surface area contributed by atoms with Crippen LogP contribution in [0.2, 0.25) is 0 Å². The molecule has 112 valence electrons. The Balaban J connectivity index is 2.28. The van der Waals surface area contributed by atoms with Gasteiger partial charge < -0.3 is 10.1 Å². The molecule has 1 heterocycles. The smallest absolute Gasteiger partial charge is 0.225 e. The van der Waals surface area contributed by atoms with E-state index >= 15 is 0 Å². The van der Waals surface area contributed by atoms with E-state index in [9.17, 15) is 0 Å². The molecule has 0 amide bonds. The number of benzene rings is 1. The molecule has 0 saturated carbocycles. The molecule has 1 N–H and O–H groups in total. The minimum Gasteiger partial charge on any atom is -0.439 e. The highest BCUT2D eigenvalue weighted by molar-refractivity contribution is 7.98. The number of hydrogen-bond donors (Lipinski definition) is 1. The van der Waals surface area contributed by atoms with Gasteiger partial charge in [0.15, 0.2) is 5.16 Å². The molecule has 0 radical (unpaired) electrons. The van der Waals surface area contributed by atoms with Crippen molar-refractivity contribution in [3.05, 3.63) is 35.4 Å². The molecule has 2 rings (SSSR count). The van der Waals surface area contributed by atoms with Crippen LogP contribution in [0.4, 0.5) is 5.82 Å². The van der Waals surface area contributed by atoms with Crippen LogP contribution in [0.1, 0.15) is 24.5 Å². The van der Waals surface area contributed by atoms with E-state index in [1.165, 1.54) is 17.3 Å². The van der Waals surface area contributed by atoms with Gasteiger partial charge in [0.05, 0.1) is 0 Å². The third-order valence-electron chi connectivity index (χ3n) is 3.19. The second-order valence-corrected chi connectivity index (χ2v) is 5.58. The Labute approximate surface area is 130 Å². The number of ether oxygens (including phenoxy) is 1. The van der Waals surface area contributed by atoms with Crippen LogP contribution in [0.15, 0.2) is 29.4 Å². The zero-order chi connectivity index (χ0) is 15.2. The van der Waals surface area contributed by atoms with Crippen molar-refractivity contribution in [1.82, 2.24) is 9.97 Å². The maximum atomic E-state index is 5.95. The first-order chi connectivity index (χ1) is 10.1. The number of anilines is 1. The summed E-state index contributed by atoms with van der Waals surface area (Å²) >= 11 is 1.51. The molecule has 0 bridgehead atoms. The average Bonchev–Trinajstić information content (AvgIpc) is 2.49. The third kappa shape index (κ3) is 4.11. The maximum Gasteiger partial charge on any atom is 0.225 e. The molecule has 0 aliphatic rings. The van der Waals surface area contributed by atoms with Gasteiger partial charge in [-0.2, -0.15) is 4.98 Å². The molecular formula is C16H21N3OS. The molecule has 21 heavy (non-hydrogen) atoms. The lowest BCUT2D eigenvalue weighted by Gasteiger charge is -2.12. The second-order valence-electron chi connectivity index (χ2n) is 4.81. The van der Waals surface area contributed by atoms with Gasteiger partial charge in [0.25, 0.3) is 0 Å². The van der Waals surface area contributed by atoms with Crippen LogP contribution in [0, 0.1) is 13.8 Å². The van der Waals surface area contributed by atoms with Gasteiger partial charge >= 0.3 is 0 Å².